The molecular weight excluding hydrogens is 274 g/mol. The molecule has 6 nitrogen and oxygen atoms in total. The number of benzene rings is 1. The third kappa shape index (κ3) is 4.46. The highest BCUT2D eigenvalue weighted by Crippen LogP contribution is 2.22. The number of amides is 1. The molecule has 0 unspecified atom stereocenters. The molecule has 2 rings (SSSR count). The SMILES string of the molecule is CCOC(=O)CC1(NC(=O)OCc2ccccc2)COC1. The molecule has 1 heterocycles. The number of carbonyl (C=O) groups is 2. The van der Waals surface area contributed by atoms with Crippen molar-refractivity contribution in [2.75, 3.05) is 19.8 Å². The molecule has 1 aromatic rings. The van der Waals surface area contributed by atoms with Crippen molar-refractivity contribution in [2.24, 2.45) is 0 Å². The molecule has 0 aliphatic carbocycles. The molecule has 1 aromatic carbocycles. The summed E-state index contributed by atoms with van der Waals surface area (Å²) in [5.41, 5.74) is 0.192. The minimum atomic E-state index is -0.708. The molecule has 6 heteroatoms. The van der Waals surface area contributed by atoms with E-state index in [-0.39, 0.29) is 32.2 Å². The van der Waals surface area contributed by atoms with Crippen molar-refractivity contribution >= 4 is 12.1 Å². The van der Waals surface area contributed by atoms with Crippen LogP contribution in [0.2, 0.25) is 0 Å². The third-order valence-corrected chi connectivity index (χ3v) is 3.12. The summed E-state index contributed by atoms with van der Waals surface area (Å²) in [6, 6.07) is 9.38. The number of esters is 1. The molecule has 0 bridgehead atoms. The van der Waals surface area contributed by atoms with Gasteiger partial charge in [0, 0.05) is 0 Å². The van der Waals surface area contributed by atoms with Gasteiger partial charge in [-0.15, -0.1) is 0 Å². The van der Waals surface area contributed by atoms with Gasteiger partial charge in [-0.3, -0.25) is 4.79 Å². The molecule has 1 N–H and O–H groups in total. The Morgan fingerprint density at radius 1 is 1.24 bits per heavy atom. The second kappa shape index (κ2) is 7.08. The van der Waals surface area contributed by atoms with E-state index >= 15 is 0 Å². The zero-order chi connectivity index (χ0) is 15.1. The summed E-state index contributed by atoms with van der Waals surface area (Å²) in [6.45, 7) is 2.80. The molecular formula is C15H19NO5. The van der Waals surface area contributed by atoms with Crippen molar-refractivity contribution < 1.29 is 23.8 Å². The fraction of sp³-hybridized carbons (Fsp3) is 0.467. The highest BCUT2D eigenvalue weighted by molar-refractivity contribution is 5.74. The lowest BCUT2D eigenvalue weighted by molar-refractivity contribution is -0.152. The van der Waals surface area contributed by atoms with Crippen LogP contribution in [0.25, 0.3) is 0 Å². The molecule has 1 fully saturated rings. The van der Waals surface area contributed by atoms with Gasteiger partial charge < -0.3 is 19.5 Å². The highest BCUT2D eigenvalue weighted by Gasteiger charge is 2.43. The van der Waals surface area contributed by atoms with Crippen molar-refractivity contribution in [3.05, 3.63) is 35.9 Å². The molecule has 1 aliphatic rings. The first-order chi connectivity index (χ1) is 10.1. The first kappa shape index (κ1) is 15.3. The first-order valence-electron chi connectivity index (χ1n) is 6.86. The van der Waals surface area contributed by atoms with E-state index in [9.17, 15) is 9.59 Å². The Morgan fingerprint density at radius 3 is 2.52 bits per heavy atom. The third-order valence-electron chi connectivity index (χ3n) is 3.12. The van der Waals surface area contributed by atoms with Gasteiger partial charge in [0.05, 0.1) is 26.2 Å². The smallest absolute Gasteiger partial charge is 0.408 e. The molecule has 21 heavy (non-hydrogen) atoms. The normalized spacial score (nSPS) is 15.7. The summed E-state index contributed by atoms with van der Waals surface area (Å²) in [7, 11) is 0. The largest absolute Gasteiger partial charge is 0.466 e. The van der Waals surface area contributed by atoms with Crippen LogP contribution in [0.4, 0.5) is 4.79 Å². The number of alkyl carbamates (subject to hydrolysis) is 1. The van der Waals surface area contributed by atoms with Gasteiger partial charge in [0.2, 0.25) is 0 Å². The van der Waals surface area contributed by atoms with E-state index in [1.807, 2.05) is 30.3 Å². The Balaban J connectivity index is 1.81. The molecule has 1 saturated heterocycles. The van der Waals surface area contributed by atoms with Crippen LogP contribution >= 0.6 is 0 Å². The fourth-order valence-corrected chi connectivity index (χ4v) is 2.03. The van der Waals surface area contributed by atoms with Crippen LogP contribution < -0.4 is 5.32 Å². The van der Waals surface area contributed by atoms with Crippen LogP contribution in [-0.4, -0.2) is 37.4 Å². The summed E-state index contributed by atoms with van der Waals surface area (Å²) in [5.74, 6) is -0.357. The summed E-state index contributed by atoms with van der Waals surface area (Å²) < 4.78 is 15.1. The standard InChI is InChI=1S/C15H19NO5/c1-2-20-13(17)8-15(10-19-11-15)16-14(18)21-9-12-6-4-3-5-7-12/h3-7H,2,8-11H2,1H3,(H,16,18). The fourth-order valence-electron chi connectivity index (χ4n) is 2.03. The van der Waals surface area contributed by atoms with Gasteiger partial charge in [-0.05, 0) is 12.5 Å². The maximum atomic E-state index is 11.8. The Kier molecular flexibility index (Phi) is 5.16. The Morgan fingerprint density at radius 2 is 1.95 bits per heavy atom. The van der Waals surface area contributed by atoms with Crippen molar-refractivity contribution in [1.82, 2.24) is 5.32 Å². The number of ether oxygens (including phenoxy) is 3. The monoisotopic (exact) mass is 293 g/mol. The summed E-state index contributed by atoms with van der Waals surface area (Å²) in [6.07, 6.45) is -0.479. The summed E-state index contributed by atoms with van der Waals surface area (Å²) >= 11 is 0. The van der Waals surface area contributed by atoms with Gasteiger partial charge in [0.1, 0.15) is 12.1 Å². The molecule has 114 valence electrons. The Hall–Kier alpha value is -2.08. The van der Waals surface area contributed by atoms with E-state index in [4.69, 9.17) is 14.2 Å². The zero-order valence-corrected chi connectivity index (χ0v) is 12.0. The maximum Gasteiger partial charge on any atom is 0.408 e. The molecule has 0 saturated carbocycles. The predicted molar refractivity (Wildman–Crippen MR) is 74.6 cm³/mol. The van der Waals surface area contributed by atoms with Gasteiger partial charge in [0.15, 0.2) is 0 Å². The van der Waals surface area contributed by atoms with Gasteiger partial charge in [-0.1, -0.05) is 30.3 Å². The predicted octanol–water partition coefficient (Wildman–Crippen LogP) is 1.64. The highest BCUT2D eigenvalue weighted by atomic mass is 16.6. The van der Waals surface area contributed by atoms with Crippen LogP contribution in [0.5, 0.6) is 0 Å². The summed E-state index contributed by atoms with van der Waals surface area (Å²) in [4.78, 5) is 23.4. The van der Waals surface area contributed by atoms with E-state index in [2.05, 4.69) is 5.32 Å². The topological polar surface area (TPSA) is 73.9 Å². The van der Waals surface area contributed by atoms with E-state index in [0.717, 1.165) is 5.56 Å². The minimum absolute atomic E-state index is 0.0846. The van der Waals surface area contributed by atoms with Crippen molar-refractivity contribution in [2.45, 2.75) is 25.5 Å². The quantitative estimate of drug-likeness (QED) is 0.807. The second-order valence-electron chi connectivity index (χ2n) is 4.94. The van der Waals surface area contributed by atoms with Crippen LogP contribution in [0.1, 0.15) is 18.9 Å². The molecule has 0 radical (unpaired) electrons. The molecule has 0 spiro atoms. The maximum absolute atomic E-state index is 11.8. The van der Waals surface area contributed by atoms with Crippen LogP contribution in [-0.2, 0) is 25.6 Å². The Labute approximate surface area is 123 Å². The van der Waals surface area contributed by atoms with Gasteiger partial charge in [0.25, 0.3) is 0 Å². The summed E-state index contributed by atoms with van der Waals surface area (Å²) in [5, 5.41) is 2.70. The second-order valence-corrected chi connectivity index (χ2v) is 4.94. The van der Waals surface area contributed by atoms with Crippen LogP contribution in [0.15, 0.2) is 30.3 Å². The Bertz CT molecular complexity index is 484. The van der Waals surface area contributed by atoms with E-state index in [0.29, 0.717) is 6.61 Å². The molecule has 0 aromatic heterocycles. The van der Waals surface area contributed by atoms with Crippen molar-refractivity contribution in [1.29, 1.82) is 0 Å². The molecule has 1 amide bonds. The van der Waals surface area contributed by atoms with Crippen LogP contribution in [0, 0.1) is 0 Å². The molecule has 0 atom stereocenters. The first-order valence-corrected chi connectivity index (χ1v) is 6.86. The lowest BCUT2D eigenvalue weighted by Crippen LogP contribution is -2.63. The number of carbonyl (C=O) groups excluding carboxylic acids is 2. The zero-order valence-electron chi connectivity index (χ0n) is 12.0. The number of nitrogens with one attached hydrogen (secondary N) is 1. The van der Waals surface area contributed by atoms with Gasteiger partial charge >= 0.3 is 12.1 Å². The number of hydrogen-bond acceptors (Lipinski definition) is 5. The molecule has 1 aliphatic heterocycles. The van der Waals surface area contributed by atoms with Crippen molar-refractivity contribution in [3.63, 3.8) is 0 Å². The number of hydrogen-bond donors (Lipinski definition) is 1. The van der Waals surface area contributed by atoms with E-state index in [1.54, 1.807) is 6.92 Å². The van der Waals surface area contributed by atoms with Gasteiger partial charge in [-0.25, -0.2) is 4.79 Å². The minimum Gasteiger partial charge on any atom is -0.466 e. The average Bonchev–Trinajstić information content (AvgIpc) is 2.44. The lowest BCUT2D eigenvalue weighted by atomic mass is 9.93. The average molecular weight is 293 g/mol. The van der Waals surface area contributed by atoms with Crippen molar-refractivity contribution in [3.8, 4) is 0 Å². The van der Waals surface area contributed by atoms with E-state index < -0.39 is 11.6 Å². The van der Waals surface area contributed by atoms with Crippen LogP contribution in [0.3, 0.4) is 0 Å². The lowest BCUT2D eigenvalue weighted by Gasteiger charge is -2.40. The number of rotatable bonds is 6. The van der Waals surface area contributed by atoms with E-state index in [1.165, 1.54) is 0 Å². The van der Waals surface area contributed by atoms with Gasteiger partial charge in [-0.2, -0.15) is 0 Å².